The standard InChI is InChI=1S/C23H27N7O/c1-15-13-30-17(11-16(2)27-30)12-19(15)26-22(31)29-9-4-18-20(3-7-24-21(18)29)28-10-8-25-23(14-28)5-6-23/h3,7,11-13,25H,4-6,8-10,14H2,1-2H3,(H,26,31). The minimum absolute atomic E-state index is 0.133. The molecule has 3 aromatic rings. The van der Waals surface area contributed by atoms with Crippen LogP contribution < -0.4 is 20.4 Å². The first-order chi connectivity index (χ1) is 15.0. The van der Waals surface area contributed by atoms with Crippen molar-refractivity contribution >= 4 is 28.7 Å². The molecule has 2 fully saturated rings. The van der Waals surface area contributed by atoms with Gasteiger partial charge in [0, 0.05) is 61.0 Å². The molecule has 2 amide bonds. The fourth-order valence-corrected chi connectivity index (χ4v) is 5.00. The summed E-state index contributed by atoms with van der Waals surface area (Å²) in [5.74, 6) is 0.789. The summed E-state index contributed by atoms with van der Waals surface area (Å²) in [7, 11) is 0. The Labute approximate surface area is 181 Å². The molecule has 1 saturated heterocycles. The minimum atomic E-state index is -0.133. The zero-order valence-corrected chi connectivity index (χ0v) is 18.0. The molecule has 1 saturated carbocycles. The van der Waals surface area contributed by atoms with E-state index in [0.29, 0.717) is 12.1 Å². The highest BCUT2D eigenvalue weighted by molar-refractivity contribution is 6.03. The molecule has 1 spiro atoms. The number of pyridine rings is 2. The van der Waals surface area contributed by atoms with E-state index in [9.17, 15) is 4.79 Å². The molecule has 5 heterocycles. The molecule has 2 aliphatic heterocycles. The summed E-state index contributed by atoms with van der Waals surface area (Å²) in [6.45, 7) is 7.65. The molecule has 8 nitrogen and oxygen atoms in total. The average molecular weight is 418 g/mol. The van der Waals surface area contributed by atoms with Crippen LogP contribution in [0.25, 0.3) is 5.52 Å². The zero-order valence-electron chi connectivity index (χ0n) is 18.0. The van der Waals surface area contributed by atoms with Crippen molar-refractivity contribution in [2.75, 3.05) is 41.3 Å². The highest BCUT2D eigenvalue weighted by atomic mass is 16.2. The largest absolute Gasteiger partial charge is 0.368 e. The third-order valence-corrected chi connectivity index (χ3v) is 6.83. The summed E-state index contributed by atoms with van der Waals surface area (Å²) in [6, 6.07) is 5.96. The molecular weight excluding hydrogens is 390 g/mol. The van der Waals surface area contributed by atoms with Crippen molar-refractivity contribution in [1.82, 2.24) is 19.9 Å². The highest BCUT2D eigenvalue weighted by Gasteiger charge is 2.46. The number of carbonyl (C=O) groups is 1. The van der Waals surface area contributed by atoms with Gasteiger partial charge in [0.1, 0.15) is 5.82 Å². The number of nitrogens with zero attached hydrogens (tertiary/aromatic N) is 5. The summed E-state index contributed by atoms with van der Waals surface area (Å²) in [5.41, 5.74) is 6.43. The van der Waals surface area contributed by atoms with Gasteiger partial charge < -0.3 is 15.5 Å². The van der Waals surface area contributed by atoms with Crippen LogP contribution in [-0.2, 0) is 6.42 Å². The minimum Gasteiger partial charge on any atom is -0.368 e. The fraction of sp³-hybridized carbons (Fsp3) is 0.435. The number of aryl methyl sites for hydroxylation is 2. The van der Waals surface area contributed by atoms with Gasteiger partial charge in [-0.05, 0) is 56.9 Å². The molecule has 3 aromatic heterocycles. The number of fused-ring (bicyclic) bond motifs is 2. The Morgan fingerprint density at radius 3 is 2.94 bits per heavy atom. The maximum Gasteiger partial charge on any atom is 0.327 e. The normalized spacial score (nSPS) is 19.2. The molecule has 6 rings (SSSR count). The first kappa shape index (κ1) is 18.6. The molecule has 31 heavy (non-hydrogen) atoms. The smallest absolute Gasteiger partial charge is 0.327 e. The number of anilines is 3. The lowest BCUT2D eigenvalue weighted by Crippen LogP contribution is -2.52. The lowest BCUT2D eigenvalue weighted by Gasteiger charge is -2.36. The monoisotopic (exact) mass is 417 g/mol. The summed E-state index contributed by atoms with van der Waals surface area (Å²) < 4.78 is 1.85. The van der Waals surface area contributed by atoms with Crippen LogP contribution in [0.5, 0.6) is 0 Å². The van der Waals surface area contributed by atoms with E-state index in [0.717, 1.165) is 54.3 Å². The topological polar surface area (TPSA) is 77.8 Å². The molecule has 8 heteroatoms. The molecule has 1 aliphatic carbocycles. The van der Waals surface area contributed by atoms with E-state index < -0.39 is 0 Å². The number of carbonyl (C=O) groups excluding carboxylic acids is 1. The van der Waals surface area contributed by atoms with Gasteiger partial charge in [-0.3, -0.25) is 4.90 Å². The lowest BCUT2D eigenvalue weighted by atomic mass is 10.1. The Bertz CT molecular complexity index is 1200. The van der Waals surface area contributed by atoms with Crippen molar-refractivity contribution in [2.45, 2.75) is 38.6 Å². The number of piperazine rings is 1. The second kappa shape index (κ2) is 6.68. The van der Waals surface area contributed by atoms with Gasteiger partial charge in [-0.25, -0.2) is 14.3 Å². The molecule has 160 valence electrons. The van der Waals surface area contributed by atoms with Crippen LogP contribution >= 0.6 is 0 Å². The zero-order chi connectivity index (χ0) is 21.2. The number of amides is 2. The van der Waals surface area contributed by atoms with Crippen molar-refractivity contribution in [1.29, 1.82) is 0 Å². The lowest BCUT2D eigenvalue weighted by molar-refractivity contribution is 0.257. The summed E-state index contributed by atoms with van der Waals surface area (Å²) in [5, 5.41) is 11.2. The van der Waals surface area contributed by atoms with E-state index >= 15 is 0 Å². The molecular formula is C23H27N7O. The summed E-state index contributed by atoms with van der Waals surface area (Å²) >= 11 is 0. The van der Waals surface area contributed by atoms with Gasteiger partial charge in [0.05, 0.1) is 11.2 Å². The predicted octanol–water partition coefficient (Wildman–Crippen LogP) is 2.88. The fourth-order valence-electron chi connectivity index (χ4n) is 5.00. The van der Waals surface area contributed by atoms with Gasteiger partial charge in [0.2, 0.25) is 0 Å². The quantitative estimate of drug-likeness (QED) is 0.671. The Kier molecular flexibility index (Phi) is 4.02. The van der Waals surface area contributed by atoms with Gasteiger partial charge in [-0.15, -0.1) is 0 Å². The Morgan fingerprint density at radius 1 is 1.23 bits per heavy atom. The Balaban J connectivity index is 1.26. The van der Waals surface area contributed by atoms with Crippen molar-refractivity contribution < 1.29 is 4.79 Å². The third kappa shape index (κ3) is 3.13. The van der Waals surface area contributed by atoms with E-state index in [1.165, 1.54) is 24.1 Å². The van der Waals surface area contributed by atoms with E-state index in [1.807, 2.05) is 42.9 Å². The number of rotatable bonds is 2. The van der Waals surface area contributed by atoms with Crippen LogP contribution in [0.1, 0.15) is 29.7 Å². The Hall–Kier alpha value is -3.13. The van der Waals surface area contributed by atoms with Crippen LogP contribution in [0.3, 0.4) is 0 Å². The van der Waals surface area contributed by atoms with Gasteiger partial charge in [-0.2, -0.15) is 5.10 Å². The first-order valence-corrected chi connectivity index (χ1v) is 11.0. The van der Waals surface area contributed by atoms with Crippen LogP contribution in [0.15, 0.2) is 30.6 Å². The van der Waals surface area contributed by atoms with Gasteiger partial charge in [0.25, 0.3) is 0 Å². The average Bonchev–Trinajstić information content (AvgIpc) is 3.18. The molecule has 0 bridgehead atoms. The van der Waals surface area contributed by atoms with E-state index in [1.54, 1.807) is 4.90 Å². The summed E-state index contributed by atoms with van der Waals surface area (Å²) in [4.78, 5) is 22.1. The summed E-state index contributed by atoms with van der Waals surface area (Å²) in [6.07, 6.45) is 7.14. The number of urea groups is 1. The second-order valence-electron chi connectivity index (χ2n) is 9.12. The molecule has 3 aliphatic rings. The van der Waals surface area contributed by atoms with Crippen molar-refractivity contribution in [2.24, 2.45) is 0 Å². The van der Waals surface area contributed by atoms with E-state index in [-0.39, 0.29) is 6.03 Å². The molecule has 0 unspecified atom stereocenters. The molecule has 2 N–H and O–H groups in total. The predicted molar refractivity (Wildman–Crippen MR) is 121 cm³/mol. The van der Waals surface area contributed by atoms with Crippen LogP contribution in [0.2, 0.25) is 0 Å². The number of hydrogen-bond acceptors (Lipinski definition) is 5. The van der Waals surface area contributed by atoms with Gasteiger partial charge in [0.15, 0.2) is 0 Å². The van der Waals surface area contributed by atoms with Crippen molar-refractivity contribution in [3.05, 3.63) is 47.4 Å². The van der Waals surface area contributed by atoms with E-state index in [2.05, 4.69) is 31.7 Å². The number of nitrogens with one attached hydrogen (secondary N) is 2. The van der Waals surface area contributed by atoms with Crippen molar-refractivity contribution in [3.8, 4) is 0 Å². The van der Waals surface area contributed by atoms with E-state index in [4.69, 9.17) is 0 Å². The molecule has 0 aromatic carbocycles. The third-order valence-electron chi connectivity index (χ3n) is 6.83. The molecule has 0 radical (unpaired) electrons. The van der Waals surface area contributed by atoms with Gasteiger partial charge in [-0.1, -0.05) is 0 Å². The van der Waals surface area contributed by atoms with Crippen LogP contribution in [0.4, 0.5) is 22.0 Å². The van der Waals surface area contributed by atoms with Crippen LogP contribution in [0, 0.1) is 13.8 Å². The first-order valence-electron chi connectivity index (χ1n) is 11.0. The Morgan fingerprint density at radius 2 is 2.10 bits per heavy atom. The molecule has 0 atom stereocenters. The number of aromatic nitrogens is 3. The SMILES string of the molecule is Cc1cc2cc(NC(=O)N3CCc4c(N5CCNC6(CC6)C5)ccnc43)c(C)cn2n1. The van der Waals surface area contributed by atoms with Crippen LogP contribution in [-0.4, -0.2) is 52.3 Å². The maximum atomic E-state index is 13.2. The number of hydrogen-bond donors (Lipinski definition) is 2. The second-order valence-corrected chi connectivity index (χ2v) is 9.12. The van der Waals surface area contributed by atoms with Gasteiger partial charge >= 0.3 is 6.03 Å². The van der Waals surface area contributed by atoms with Crippen molar-refractivity contribution in [3.63, 3.8) is 0 Å². The maximum absolute atomic E-state index is 13.2. The highest BCUT2D eigenvalue weighted by Crippen LogP contribution is 2.41.